The predicted molar refractivity (Wildman–Crippen MR) is 108 cm³/mol. The summed E-state index contributed by atoms with van der Waals surface area (Å²) in [6.45, 7) is 8.20. The highest BCUT2D eigenvalue weighted by molar-refractivity contribution is 7.86. The molecule has 2 rings (SSSR count). The molecule has 0 aliphatic heterocycles. The second kappa shape index (κ2) is 8.43. The lowest BCUT2D eigenvalue weighted by Crippen LogP contribution is -2.39. The van der Waals surface area contributed by atoms with Gasteiger partial charge in [0.25, 0.3) is 0 Å². The minimum atomic E-state index is -3.60. The van der Waals surface area contributed by atoms with Crippen molar-refractivity contribution in [3.8, 4) is 5.75 Å². The summed E-state index contributed by atoms with van der Waals surface area (Å²) < 4.78 is 27.5. The number of carbonyl (C=O) groups excluding carboxylic acids is 1. The third kappa shape index (κ3) is 6.29. The second-order valence-electron chi connectivity index (χ2n) is 6.89. The van der Waals surface area contributed by atoms with Crippen LogP contribution in [0.15, 0.2) is 42.5 Å². The van der Waals surface area contributed by atoms with Crippen molar-refractivity contribution in [1.29, 1.82) is 0 Å². The highest BCUT2D eigenvalue weighted by atomic mass is 32.2. The zero-order valence-corrected chi connectivity index (χ0v) is 17.1. The number of aryl methyl sites for hydroxylation is 2. The molecule has 0 aromatic heterocycles. The number of hydrogen-bond acceptors (Lipinski definition) is 4. The van der Waals surface area contributed by atoms with E-state index in [1.807, 2.05) is 52.0 Å². The molecular formula is C20H26N2O4S. The fourth-order valence-electron chi connectivity index (χ4n) is 2.57. The summed E-state index contributed by atoms with van der Waals surface area (Å²) >= 11 is 0. The Labute approximate surface area is 161 Å². The first-order valence-corrected chi connectivity index (χ1v) is 10.5. The van der Waals surface area contributed by atoms with Crippen LogP contribution in [-0.4, -0.2) is 31.6 Å². The molecule has 2 amide bonds. The number of anilines is 1. The van der Waals surface area contributed by atoms with E-state index in [4.69, 9.17) is 4.18 Å². The van der Waals surface area contributed by atoms with Gasteiger partial charge in [-0.3, -0.25) is 0 Å². The van der Waals surface area contributed by atoms with Crippen LogP contribution >= 0.6 is 0 Å². The molecule has 6 nitrogen and oxygen atoms in total. The van der Waals surface area contributed by atoms with Crippen molar-refractivity contribution in [1.82, 2.24) is 4.90 Å². The first kappa shape index (κ1) is 20.8. The van der Waals surface area contributed by atoms with E-state index >= 15 is 0 Å². The van der Waals surface area contributed by atoms with Crippen molar-refractivity contribution in [2.45, 2.75) is 40.3 Å². The maximum Gasteiger partial charge on any atom is 0.322 e. The average molecular weight is 391 g/mol. The summed E-state index contributed by atoms with van der Waals surface area (Å²) in [7, 11) is -3.60. The standard InChI is InChI=1S/C20H26N2O4S/c1-14(2)22(20(23)21-18-10-9-15(3)16(4)11-18)13-17-7-6-8-19(12-17)26-27(5,24)25/h6-12,14H,13H2,1-5H3,(H,21,23). The Morgan fingerprint density at radius 3 is 2.41 bits per heavy atom. The number of hydrogen-bond donors (Lipinski definition) is 1. The summed E-state index contributed by atoms with van der Waals surface area (Å²) in [4.78, 5) is 14.4. The smallest absolute Gasteiger partial charge is 0.322 e. The third-order valence-corrected chi connectivity index (χ3v) is 4.64. The molecule has 2 aromatic carbocycles. The van der Waals surface area contributed by atoms with Crippen molar-refractivity contribution in [3.05, 3.63) is 59.2 Å². The van der Waals surface area contributed by atoms with Gasteiger partial charge in [-0.2, -0.15) is 8.42 Å². The zero-order valence-electron chi connectivity index (χ0n) is 16.3. The van der Waals surface area contributed by atoms with E-state index in [1.54, 1.807) is 23.1 Å². The van der Waals surface area contributed by atoms with Gasteiger partial charge < -0.3 is 14.4 Å². The Balaban J connectivity index is 2.16. The van der Waals surface area contributed by atoms with Crippen LogP contribution in [-0.2, 0) is 16.7 Å². The quantitative estimate of drug-likeness (QED) is 0.754. The molecule has 0 bridgehead atoms. The van der Waals surface area contributed by atoms with Gasteiger partial charge in [0.1, 0.15) is 5.75 Å². The van der Waals surface area contributed by atoms with Crippen molar-refractivity contribution >= 4 is 21.8 Å². The number of urea groups is 1. The van der Waals surface area contributed by atoms with Crippen molar-refractivity contribution < 1.29 is 17.4 Å². The van der Waals surface area contributed by atoms with Gasteiger partial charge in [0.2, 0.25) is 0 Å². The molecule has 0 heterocycles. The lowest BCUT2D eigenvalue weighted by molar-refractivity contribution is 0.193. The molecule has 27 heavy (non-hydrogen) atoms. The van der Waals surface area contributed by atoms with Crippen LogP contribution in [0.25, 0.3) is 0 Å². The van der Waals surface area contributed by atoms with Gasteiger partial charge in [-0.25, -0.2) is 4.79 Å². The highest BCUT2D eigenvalue weighted by Crippen LogP contribution is 2.19. The number of nitrogens with one attached hydrogen (secondary N) is 1. The molecule has 0 aliphatic carbocycles. The van der Waals surface area contributed by atoms with Crippen LogP contribution in [0.2, 0.25) is 0 Å². The fourth-order valence-corrected chi connectivity index (χ4v) is 3.02. The molecule has 0 radical (unpaired) electrons. The number of nitrogens with zero attached hydrogens (tertiary/aromatic N) is 1. The van der Waals surface area contributed by atoms with Gasteiger partial charge in [-0.15, -0.1) is 0 Å². The van der Waals surface area contributed by atoms with Crippen LogP contribution in [0.3, 0.4) is 0 Å². The van der Waals surface area contributed by atoms with Gasteiger partial charge in [0.05, 0.1) is 6.26 Å². The molecule has 0 saturated heterocycles. The Hall–Kier alpha value is -2.54. The molecule has 7 heteroatoms. The number of carbonyl (C=O) groups is 1. The van der Waals surface area contributed by atoms with Crippen LogP contribution in [0.5, 0.6) is 5.75 Å². The van der Waals surface area contributed by atoms with Gasteiger partial charge >= 0.3 is 16.1 Å². The molecule has 0 atom stereocenters. The van der Waals surface area contributed by atoms with E-state index in [0.717, 1.165) is 28.6 Å². The van der Waals surface area contributed by atoms with Crippen LogP contribution in [0.1, 0.15) is 30.5 Å². The molecule has 0 spiro atoms. The molecule has 2 aromatic rings. The summed E-state index contributed by atoms with van der Waals surface area (Å²) in [5, 5.41) is 2.92. The molecule has 0 aliphatic rings. The average Bonchev–Trinajstić information content (AvgIpc) is 2.54. The minimum Gasteiger partial charge on any atom is -0.383 e. The van der Waals surface area contributed by atoms with E-state index in [0.29, 0.717) is 6.54 Å². The van der Waals surface area contributed by atoms with E-state index in [2.05, 4.69) is 5.32 Å². The Bertz CT molecular complexity index is 923. The lowest BCUT2D eigenvalue weighted by Gasteiger charge is -2.27. The minimum absolute atomic E-state index is 0.0453. The first-order valence-electron chi connectivity index (χ1n) is 8.68. The van der Waals surface area contributed by atoms with E-state index in [-0.39, 0.29) is 17.8 Å². The predicted octanol–water partition coefficient (Wildman–Crippen LogP) is 4.08. The van der Waals surface area contributed by atoms with Crippen molar-refractivity contribution in [3.63, 3.8) is 0 Å². The van der Waals surface area contributed by atoms with Gasteiger partial charge in [0, 0.05) is 18.3 Å². The zero-order chi connectivity index (χ0) is 20.2. The third-order valence-electron chi connectivity index (χ3n) is 4.14. The van der Waals surface area contributed by atoms with Crippen molar-refractivity contribution in [2.24, 2.45) is 0 Å². The second-order valence-corrected chi connectivity index (χ2v) is 8.46. The molecular weight excluding hydrogens is 364 g/mol. The Morgan fingerprint density at radius 2 is 1.81 bits per heavy atom. The number of amides is 2. The van der Waals surface area contributed by atoms with Crippen LogP contribution in [0.4, 0.5) is 10.5 Å². The Kier molecular flexibility index (Phi) is 6.49. The maximum absolute atomic E-state index is 12.8. The number of benzene rings is 2. The Morgan fingerprint density at radius 1 is 1.11 bits per heavy atom. The van der Waals surface area contributed by atoms with Crippen LogP contribution in [0, 0.1) is 13.8 Å². The molecule has 0 saturated carbocycles. The van der Waals surface area contributed by atoms with Crippen LogP contribution < -0.4 is 9.50 Å². The van der Waals surface area contributed by atoms with Gasteiger partial charge in [-0.05, 0) is 68.7 Å². The molecule has 0 unspecified atom stereocenters. The molecule has 1 N–H and O–H groups in total. The summed E-state index contributed by atoms with van der Waals surface area (Å²) in [6, 6.07) is 12.2. The topological polar surface area (TPSA) is 75.7 Å². The van der Waals surface area contributed by atoms with Gasteiger partial charge in [-0.1, -0.05) is 18.2 Å². The summed E-state index contributed by atoms with van der Waals surface area (Å²) in [6.07, 6.45) is 0.997. The lowest BCUT2D eigenvalue weighted by atomic mass is 10.1. The van der Waals surface area contributed by atoms with Gasteiger partial charge in [0.15, 0.2) is 0 Å². The summed E-state index contributed by atoms with van der Waals surface area (Å²) in [5.74, 6) is 0.230. The molecule has 146 valence electrons. The fraction of sp³-hybridized carbons (Fsp3) is 0.350. The highest BCUT2D eigenvalue weighted by Gasteiger charge is 2.18. The molecule has 0 fully saturated rings. The van der Waals surface area contributed by atoms with E-state index < -0.39 is 10.1 Å². The first-order chi connectivity index (χ1) is 12.5. The normalized spacial score (nSPS) is 11.3. The monoisotopic (exact) mass is 390 g/mol. The largest absolute Gasteiger partial charge is 0.383 e. The van der Waals surface area contributed by atoms with Crippen molar-refractivity contribution in [2.75, 3.05) is 11.6 Å². The summed E-state index contributed by atoms with van der Waals surface area (Å²) in [5.41, 5.74) is 3.79. The number of rotatable bonds is 6. The maximum atomic E-state index is 12.8. The SMILES string of the molecule is Cc1ccc(NC(=O)N(Cc2cccc(OS(C)(=O)=O)c2)C(C)C)cc1C. The van der Waals surface area contributed by atoms with E-state index in [1.165, 1.54) is 0 Å². The van der Waals surface area contributed by atoms with E-state index in [9.17, 15) is 13.2 Å².